The van der Waals surface area contributed by atoms with Crippen LogP contribution in [0.1, 0.15) is 43.0 Å². The Labute approximate surface area is 173 Å². The summed E-state index contributed by atoms with van der Waals surface area (Å²) in [5, 5.41) is 5.53. The number of rotatable bonds is 9. The number of hydrogen-bond acceptors (Lipinski definition) is 5. The fourth-order valence-electron chi connectivity index (χ4n) is 3.23. The molecule has 162 valence electrons. The number of sulfonamides is 1. The van der Waals surface area contributed by atoms with Crippen LogP contribution in [0.5, 0.6) is 0 Å². The number of hydrogen-bond donors (Lipinski definition) is 2. The van der Waals surface area contributed by atoms with Gasteiger partial charge in [-0.2, -0.15) is 0 Å². The van der Waals surface area contributed by atoms with Crippen molar-refractivity contribution in [2.45, 2.75) is 43.5 Å². The molecular formula is C20H32N4O4S. The van der Waals surface area contributed by atoms with Crippen molar-refractivity contribution in [3.63, 3.8) is 0 Å². The van der Waals surface area contributed by atoms with Gasteiger partial charge in [-0.1, -0.05) is 19.4 Å². The first-order chi connectivity index (χ1) is 13.7. The van der Waals surface area contributed by atoms with Crippen molar-refractivity contribution < 1.29 is 18.0 Å². The lowest BCUT2D eigenvalue weighted by Gasteiger charge is -2.32. The Morgan fingerprint density at radius 2 is 1.90 bits per heavy atom. The summed E-state index contributed by atoms with van der Waals surface area (Å²) in [7, 11) is -0.761. The van der Waals surface area contributed by atoms with E-state index in [-0.39, 0.29) is 29.0 Å². The second-order valence-electron chi connectivity index (χ2n) is 7.53. The van der Waals surface area contributed by atoms with Crippen LogP contribution in [0.25, 0.3) is 0 Å². The Balaban J connectivity index is 1.82. The maximum absolute atomic E-state index is 12.3. The molecule has 2 rings (SSSR count). The number of benzene rings is 1. The fourth-order valence-corrected chi connectivity index (χ4v) is 4.18. The average Bonchev–Trinajstić information content (AvgIpc) is 2.71. The zero-order valence-corrected chi connectivity index (χ0v) is 18.3. The first-order valence-corrected chi connectivity index (χ1v) is 11.5. The van der Waals surface area contributed by atoms with E-state index in [9.17, 15) is 18.0 Å². The normalized spacial score (nSPS) is 16.0. The van der Waals surface area contributed by atoms with Gasteiger partial charge in [0.15, 0.2) is 0 Å². The van der Waals surface area contributed by atoms with E-state index in [0.717, 1.165) is 36.8 Å². The van der Waals surface area contributed by atoms with Crippen molar-refractivity contribution in [1.82, 2.24) is 19.8 Å². The molecule has 1 heterocycles. The van der Waals surface area contributed by atoms with E-state index in [4.69, 9.17) is 0 Å². The maximum atomic E-state index is 12.3. The highest BCUT2D eigenvalue weighted by atomic mass is 32.2. The minimum Gasteiger partial charge on any atom is -0.352 e. The summed E-state index contributed by atoms with van der Waals surface area (Å²) in [4.78, 5) is 27.0. The number of piperidine rings is 1. The van der Waals surface area contributed by atoms with Gasteiger partial charge in [-0.25, -0.2) is 12.7 Å². The zero-order chi connectivity index (χ0) is 21.4. The summed E-state index contributed by atoms with van der Waals surface area (Å²) < 4.78 is 25.5. The summed E-state index contributed by atoms with van der Waals surface area (Å²) in [5.74, 6) is -0.715. The van der Waals surface area contributed by atoms with Crippen LogP contribution in [-0.4, -0.2) is 75.8 Å². The summed E-state index contributed by atoms with van der Waals surface area (Å²) >= 11 is 0. The minimum atomic E-state index is -3.62. The molecule has 1 fully saturated rings. The molecule has 8 nitrogen and oxygen atoms in total. The number of likely N-dealkylation sites (tertiary alicyclic amines) is 1. The molecule has 1 saturated heterocycles. The number of carbonyl (C=O) groups is 2. The van der Waals surface area contributed by atoms with Crippen LogP contribution in [-0.2, 0) is 14.8 Å². The minimum absolute atomic E-state index is 0.0365. The standard InChI is InChI=1S/C20H32N4O4S/c1-4-5-11-24-12-9-17(10-13-24)22-19(25)15-21-20(26)16-7-6-8-18(14-16)29(27,28)23(2)3/h6-8,14,17H,4-5,9-13,15H2,1-3H3,(H,21,26)(H,22,25). The molecule has 0 saturated carbocycles. The molecule has 1 aliphatic rings. The summed E-state index contributed by atoms with van der Waals surface area (Å²) in [6, 6.07) is 5.91. The summed E-state index contributed by atoms with van der Waals surface area (Å²) in [6.07, 6.45) is 4.20. The van der Waals surface area contributed by atoms with Crippen molar-refractivity contribution in [3.05, 3.63) is 29.8 Å². The highest BCUT2D eigenvalue weighted by Crippen LogP contribution is 2.15. The maximum Gasteiger partial charge on any atom is 0.251 e. The van der Waals surface area contributed by atoms with E-state index in [1.165, 1.54) is 51.2 Å². The smallest absolute Gasteiger partial charge is 0.251 e. The van der Waals surface area contributed by atoms with Gasteiger partial charge in [0.25, 0.3) is 5.91 Å². The van der Waals surface area contributed by atoms with Crippen LogP contribution >= 0.6 is 0 Å². The SMILES string of the molecule is CCCCN1CCC(NC(=O)CNC(=O)c2cccc(S(=O)(=O)N(C)C)c2)CC1. The average molecular weight is 425 g/mol. The van der Waals surface area contributed by atoms with Crippen LogP contribution < -0.4 is 10.6 Å². The van der Waals surface area contributed by atoms with Crippen molar-refractivity contribution in [1.29, 1.82) is 0 Å². The Kier molecular flexibility index (Phi) is 8.60. The van der Waals surface area contributed by atoms with Gasteiger partial charge in [0, 0.05) is 38.8 Å². The van der Waals surface area contributed by atoms with E-state index in [1.54, 1.807) is 0 Å². The topological polar surface area (TPSA) is 98.8 Å². The Bertz CT molecular complexity index is 802. The lowest BCUT2D eigenvalue weighted by molar-refractivity contribution is -0.121. The molecule has 1 aromatic rings. The lowest BCUT2D eigenvalue weighted by Crippen LogP contribution is -2.47. The predicted molar refractivity (Wildman–Crippen MR) is 112 cm³/mol. The van der Waals surface area contributed by atoms with Gasteiger partial charge in [0.05, 0.1) is 11.4 Å². The largest absolute Gasteiger partial charge is 0.352 e. The van der Waals surface area contributed by atoms with Crippen molar-refractivity contribution >= 4 is 21.8 Å². The van der Waals surface area contributed by atoms with Crippen LogP contribution in [0.2, 0.25) is 0 Å². The van der Waals surface area contributed by atoms with Gasteiger partial charge in [-0.3, -0.25) is 9.59 Å². The highest BCUT2D eigenvalue weighted by Gasteiger charge is 2.21. The quantitative estimate of drug-likeness (QED) is 0.617. The number of unbranched alkanes of at least 4 members (excludes halogenated alkanes) is 1. The molecule has 29 heavy (non-hydrogen) atoms. The van der Waals surface area contributed by atoms with Crippen LogP contribution in [0.3, 0.4) is 0 Å². The Hall–Kier alpha value is -1.97. The number of nitrogens with one attached hydrogen (secondary N) is 2. The number of amides is 2. The number of carbonyl (C=O) groups excluding carboxylic acids is 2. The van der Waals surface area contributed by atoms with Crippen LogP contribution in [0, 0.1) is 0 Å². The van der Waals surface area contributed by atoms with Gasteiger partial charge in [0.1, 0.15) is 0 Å². The van der Waals surface area contributed by atoms with Crippen molar-refractivity contribution in [2.24, 2.45) is 0 Å². The zero-order valence-electron chi connectivity index (χ0n) is 17.5. The van der Waals surface area contributed by atoms with Gasteiger partial charge >= 0.3 is 0 Å². The Morgan fingerprint density at radius 1 is 1.21 bits per heavy atom. The first kappa shape index (κ1) is 23.3. The molecule has 1 aromatic carbocycles. The fraction of sp³-hybridized carbons (Fsp3) is 0.600. The summed E-state index contributed by atoms with van der Waals surface area (Å²) in [6.45, 7) is 5.10. The molecule has 2 amide bonds. The molecule has 1 aliphatic heterocycles. The van der Waals surface area contributed by atoms with Crippen LogP contribution in [0.15, 0.2) is 29.2 Å². The summed E-state index contributed by atoms with van der Waals surface area (Å²) in [5.41, 5.74) is 0.199. The van der Waals surface area contributed by atoms with E-state index in [2.05, 4.69) is 22.5 Å². The van der Waals surface area contributed by atoms with Crippen LogP contribution in [0.4, 0.5) is 0 Å². The number of nitrogens with zero attached hydrogens (tertiary/aromatic N) is 2. The van der Waals surface area contributed by atoms with E-state index in [1.807, 2.05) is 0 Å². The van der Waals surface area contributed by atoms with E-state index in [0.29, 0.717) is 0 Å². The van der Waals surface area contributed by atoms with Crippen molar-refractivity contribution in [3.8, 4) is 0 Å². The van der Waals surface area contributed by atoms with Gasteiger partial charge < -0.3 is 15.5 Å². The third-order valence-electron chi connectivity index (χ3n) is 5.06. The molecule has 0 aliphatic carbocycles. The first-order valence-electron chi connectivity index (χ1n) is 10.1. The van der Waals surface area contributed by atoms with Gasteiger partial charge in [-0.15, -0.1) is 0 Å². The third-order valence-corrected chi connectivity index (χ3v) is 6.88. The van der Waals surface area contributed by atoms with Gasteiger partial charge in [0.2, 0.25) is 15.9 Å². The van der Waals surface area contributed by atoms with Crippen molar-refractivity contribution in [2.75, 3.05) is 40.3 Å². The Morgan fingerprint density at radius 3 is 2.52 bits per heavy atom. The van der Waals surface area contributed by atoms with E-state index < -0.39 is 15.9 Å². The highest BCUT2D eigenvalue weighted by molar-refractivity contribution is 7.89. The molecule has 0 atom stereocenters. The molecular weight excluding hydrogens is 392 g/mol. The molecule has 9 heteroatoms. The second kappa shape index (κ2) is 10.7. The monoisotopic (exact) mass is 424 g/mol. The third kappa shape index (κ3) is 6.80. The molecule has 0 radical (unpaired) electrons. The lowest BCUT2D eigenvalue weighted by atomic mass is 10.0. The molecule has 0 spiro atoms. The predicted octanol–water partition coefficient (Wildman–Crippen LogP) is 1.05. The molecule has 0 unspecified atom stereocenters. The molecule has 0 bridgehead atoms. The second-order valence-corrected chi connectivity index (χ2v) is 9.69. The molecule has 2 N–H and O–H groups in total. The molecule has 0 aromatic heterocycles. The van der Waals surface area contributed by atoms with Gasteiger partial charge in [-0.05, 0) is 44.0 Å². The van der Waals surface area contributed by atoms with E-state index >= 15 is 0 Å².